The van der Waals surface area contributed by atoms with Gasteiger partial charge in [0.1, 0.15) is 5.58 Å². The van der Waals surface area contributed by atoms with Crippen LogP contribution in [0.25, 0.3) is 38.4 Å². The minimum Gasteiger partial charge on any atom is -0.454 e. The molecule has 0 unspecified atom stereocenters. The zero-order chi connectivity index (χ0) is 16.3. The van der Waals surface area contributed by atoms with Crippen LogP contribution in [-0.2, 0) is 0 Å². The van der Waals surface area contributed by atoms with Crippen LogP contribution in [0.2, 0.25) is 0 Å². The summed E-state index contributed by atoms with van der Waals surface area (Å²) in [5.41, 5.74) is 5.50. The highest BCUT2D eigenvalue weighted by Gasteiger charge is 2.19. The molecule has 0 spiro atoms. The van der Waals surface area contributed by atoms with Crippen molar-refractivity contribution in [1.29, 1.82) is 0 Å². The maximum Gasteiger partial charge on any atom is 0.160 e. The van der Waals surface area contributed by atoms with E-state index in [1.165, 1.54) is 32.8 Å². The van der Waals surface area contributed by atoms with Gasteiger partial charge in [0.05, 0.1) is 5.69 Å². The highest BCUT2D eigenvalue weighted by Crippen LogP contribution is 2.40. The third kappa shape index (κ3) is 1.65. The zero-order valence-electron chi connectivity index (χ0n) is 13.7. The minimum absolute atomic E-state index is 0.939. The van der Waals surface area contributed by atoms with E-state index in [0.717, 1.165) is 16.9 Å². The smallest absolute Gasteiger partial charge is 0.160 e. The van der Waals surface area contributed by atoms with Crippen molar-refractivity contribution >= 4 is 32.7 Å². The first-order chi connectivity index (χ1) is 11.8. The fourth-order valence-electron chi connectivity index (χ4n) is 3.81. The van der Waals surface area contributed by atoms with Crippen LogP contribution < -0.4 is 0 Å². The van der Waals surface area contributed by atoms with Gasteiger partial charge in [0.15, 0.2) is 5.58 Å². The van der Waals surface area contributed by atoms with Crippen molar-refractivity contribution in [3.05, 3.63) is 78.1 Å². The quantitative estimate of drug-likeness (QED) is 0.363. The van der Waals surface area contributed by atoms with Crippen LogP contribution in [0.3, 0.4) is 0 Å². The number of aryl methyl sites for hydroxylation is 2. The molecule has 0 bridgehead atoms. The summed E-state index contributed by atoms with van der Waals surface area (Å²) < 4.78 is 8.56. The molecule has 116 valence electrons. The molecule has 0 radical (unpaired) electrons. The molecule has 0 aliphatic rings. The molecule has 5 aromatic rings. The Kier molecular flexibility index (Phi) is 2.66. The van der Waals surface area contributed by atoms with E-state index in [-0.39, 0.29) is 0 Å². The molecule has 0 amide bonds. The van der Waals surface area contributed by atoms with E-state index in [1.54, 1.807) is 0 Å². The summed E-state index contributed by atoms with van der Waals surface area (Å²) in [4.78, 5) is 0. The fraction of sp³-hybridized carbons (Fsp3) is 0.0909. The van der Waals surface area contributed by atoms with Gasteiger partial charge >= 0.3 is 0 Å². The molecule has 2 nitrogen and oxygen atoms in total. The van der Waals surface area contributed by atoms with E-state index in [0.29, 0.717) is 0 Å². The van der Waals surface area contributed by atoms with Gasteiger partial charge in [-0.1, -0.05) is 42.5 Å². The summed E-state index contributed by atoms with van der Waals surface area (Å²) in [5, 5.41) is 4.91. The minimum atomic E-state index is 0.939. The second-order valence-corrected chi connectivity index (χ2v) is 6.34. The Bertz CT molecular complexity index is 1220. The van der Waals surface area contributed by atoms with Gasteiger partial charge in [0.25, 0.3) is 0 Å². The van der Waals surface area contributed by atoms with Gasteiger partial charge in [-0.2, -0.15) is 0 Å². The molecule has 2 heteroatoms. The third-order valence-electron chi connectivity index (χ3n) is 4.96. The Balaban J connectivity index is 2.12. The second-order valence-electron chi connectivity index (χ2n) is 6.34. The van der Waals surface area contributed by atoms with Gasteiger partial charge in [0, 0.05) is 22.7 Å². The monoisotopic (exact) mass is 311 g/mol. The molecule has 0 aliphatic heterocycles. The molecule has 0 saturated heterocycles. The average molecular weight is 311 g/mol. The molecule has 5 rings (SSSR count). The molecule has 0 N–H and O–H groups in total. The first kappa shape index (κ1) is 13.4. The van der Waals surface area contributed by atoms with Crippen molar-refractivity contribution in [1.82, 2.24) is 4.57 Å². The van der Waals surface area contributed by atoms with Crippen LogP contribution in [0, 0.1) is 13.8 Å². The van der Waals surface area contributed by atoms with Gasteiger partial charge < -0.3 is 8.98 Å². The zero-order valence-corrected chi connectivity index (χ0v) is 13.7. The fourth-order valence-corrected chi connectivity index (χ4v) is 3.81. The van der Waals surface area contributed by atoms with E-state index in [4.69, 9.17) is 4.42 Å². The summed E-state index contributed by atoms with van der Waals surface area (Å²) in [6, 6.07) is 21.1. The maximum atomic E-state index is 6.33. The standard InChI is InChI=1S/C22H17NO/c1-14-8-7-13-23(14)21-15(2)16-9-3-4-10-17(16)20-18-11-5-6-12-19(18)24-22(20)21/h3-13H,1-2H3. The van der Waals surface area contributed by atoms with Gasteiger partial charge in [-0.05, 0) is 48.4 Å². The highest BCUT2D eigenvalue weighted by molar-refractivity contribution is 6.22. The van der Waals surface area contributed by atoms with Crippen molar-refractivity contribution < 1.29 is 4.42 Å². The number of furan rings is 1. The summed E-state index contributed by atoms with van der Waals surface area (Å²) >= 11 is 0. The number of para-hydroxylation sites is 1. The lowest BCUT2D eigenvalue weighted by Gasteiger charge is -2.14. The van der Waals surface area contributed by atoms with Crippen LogP contribution in [-0.4, -0.2) is 4.57 Å². The van der Waals surface area contributed by atoms with Gasteiger partial charge in [0.2, 0.25) is 0 Å². The first-order valence-corrected chi connectivity index (χ1v) is 8.22. The molecule has 0 atom stereocenters. The van der Waals surface area contributed by atoms with E-state index in [9.17, 15) is 0 Å². The average Bonchev–Trinajstić information content (AvgIpc) is 3.19. The topological polar surface area (TPSA) is 18.1 Å². The summed E-state index contributed by atoms with van der Waals surface area (Å²) in [5.74, 6) is 0. The van der Waals surface area contributed by atoms with E-state index >= 15 is 0 Å². The van der Waals surface area contributed by atoms with Crippen molar-refractivity contribution in [2.45, 2.75) is 13.8 Å². The number of hydrogen-bond donors (Lipinski definition) is 0. The predicted molar refractivity (Wildman–Crippen MR) is 100 cm³/mol. The number of hydrogen-bond acceptors (Lipinski definition) is 1. The molecule has 24 heavy (non-hydrogen) atoms. The van der Waals surface area contributed by atoms with Gasteiger partial charge in [-0.25, -0.2) is 0 Å². The Morgan fingerprint density at radius 2 is 1.46 bits per heavy atom. The van der Waals surface area contributed by atoms with Crippen molar-refractivity contribution in [2.24, 2.45) is 0 Å². The molecule has 0 aliphatic carbocycles. The molecular formula is C22H17NO. The maximum absolute atomic E-state index is 6.33. The second kappa shape index (κ2) is 4.75. The van der Waals surface area contributed by atoms with Crippen molar-refractivity contribution in [3.8, 4) is 5.69 Å². The van der Waals surface area contributed by atoms with Crippen molar-refractivity contribution in [3.63, 3.8) is 0 Å². The van der Waals surface area contributed by atoms with Crippen LogP contribution >= 0.6 is 0 Å². The first-order valence-electron chi connectivity index (χ1n) is 8.22. The Morgan fingerprint density at radius 3 is 2.21 bits per heavy atom. The van der Waals surface area contributed by atoms with Crippen LogP contribution in [0.15, 0.2) is 71.3 Å². The normalized spacial score (nSPS) is 11.8. The van der Waals surface area contributed by atoms with Gasteiger partial charge in [-0.15, -0.1) is 0 Å². The number of rotatable bonds is 1. The summed E-state index contributed by atoms with van der Waals surface area (Å²) in [6.45, 7) is 4.31. The Morgan fingerprint density at radius 1 is 0.750 bits per heavy atom. The number of nitrogens with zero attached hydrogens (tertiary/aromatic N) is 1. The lowest BCUT2D eigenvalue weighted by molar-refractivity contribution is 0.664. The van der Waals surface area contributed by atoms with Crippen LogP contribution in [0.1, 0.15) is 11.3 Å². The van der Waals surface area contributed by atoms with Crippen molar-refractivity contribution in [2.75, 3.05) is 0 Å². The number of benzene rings is 3. The summed E-state index contributed by atoms with van der Waals surface area (Å²) in [7, 11) is 0. The number of fused-ring (bicyclic) bond motifs is 5. The SMILES string of the molecule is Cc1c(-n2cccc2C)c2oc3ccccc3c2c2ccccc12. The Labute approximate surface area is 139 Å². The lowest BCUT2D eigenvalue weighted by Crippen LogP contribution is -1.99. The lowest BCUT2D eigenvalue weighted by atomic mass is 9.98. The van der Waals surface area contributed by atoms with E-state index in [2.05, 4.69) is 73.1 Å². The molecule has 2 aromatic heterocycles. The van der Waals surface area contributed by atoms with Gasteiger partial charge in [-0.3, -0.25) is 0 Å². The highest BCUT2D eigenvalue weighted by atomic mass is 16.3. The molecule has 0 fully saturated rings. The Hall–Kier alpha value is -3.00. The summed E-state index contributed by atoms with van der Waals surface area (Å²) in [6.07, 6.45) is 2.11. The molecule has 3 aromatic carbocycles. The van der Waals surface area contributed by atoms with Crippen LogP contribution in [0.5, 0.6) is 0 Å². The molecule has 0 saturated carbocycles. The van der Waals surface area contributed by atoms with E-state index < -0.39 is 0 Å². The predicted octanol–water partition coefficient (Wildman–Crippen LogP) is 6.15. The molecular weight excluding hydrogens is 294 g/mol. The van der Waals surface area contributed by atoms with Crippen LogP contribution in [0.4, 0.5) is 0 Å². The molecule has 2 heterocycles. The largest absolute Gasteiger partial charge is 0.454 e. The third-order valence-corrected chi connectivity index (χ3v) is 4.96. The number of aromatic nitrogens is 1. The van der Waals surface area contributed by atoms with E-state index in [1.807, 2.05) is 12.1 Å².